The van der Waals surface area contributed by atoms with Crippen molar-refractivity contribution in [2.45, 2.75) is 32.4 Å². The molecule has 1 amide bonds. The van der Waals surface area contributed by atoms with Crippen LogP contribution in [0.3, 0.4) is 0 Å². The van der Waals surface area contributed by atoms with E-state index in [9.17, 15) is 4.79 Å². The number of aromatic nitrogens is 2. The summed E-state index contributed by atoms with van der Waals surface area (Å²) >= 11 is 0. The van der Waals surface area contributed by atoms with Gasteiger partial charge in [-0.05, 0) is 61.2 Å². The lowest BCUT2D eigenvalue weighted by Crippen LogP contribution is -2.30. The largest absolute Gasteiger partial charge is 0.487 e. The summed E-state index contributed by atoms with van der Waals surface area (Å²) in [7, 11) is 0. The number of carbonyl (C=O) groups is 1. The van der Waals surface area contributed by atoms with Crippen LogP contribution in [0.4, 0.5) is 0 Å². The third-order valence-corrected chi connectivity index (χ3v) is 5.91. The molecule has 0 N–H and O–H groups in total. The molecule has 1 unspecified atom stereocenters. The minimum absolute atomic E-state index is 0.0775. The predicted molar refractivity (Wildman–Crippen MR) is 120 cm³/mol. The number of amides is 1. The zero-order valence-electron chi connectivity index (χ0n) is 17.6. The SMILES string of the molecule is Cc1cccn2cc(COc3ccc(C(=O)N4CCCC4c4ccccc4)cc3)nc12. The first-order valence-corrected chi connectivity index (χ1v) is 10.7. The van der Waals surface area contributed by atoms with E-state index >= 15 is 0 Å². The summed E-state index contributed by atoms with van der Waals surface area (Å²) in [6.45, 7) is 3.23. The van der Waals surface area contributed by atoms with Gasteiger partial charge in [-0.15, -0.1) is 0 Å². The number of aryl methyl sites for hydroxylation is 1. The van der Waals surface area contributed by atoms with E-state index in [-0.39, 0.29) is 11.9 Å². The van der Waals surface area contributed by atoms with Crippen molar-refractivity contribution in [1.82, 2.24) is 14.3 Å². The third kappa shape index (κ3) is 3.91. The Kier molecular flexibility index (Phi) is 5.16. The molecule has 2 aromatic carbocycles. The van der Waals surface area contributed by atoms with Crippen LogP contribution in [-0.2, 0) is 6.61 Å². The minimum atomic E-state index is 0.0775. The van der Waals surface area contributed by atoms with Crippen molar-refractivity contribution in [3.63, 3.8) is 0 Å². The molecule has 2 aromatic heterocycles. The highest BCUT2D eigenvalue weighted by atomic mass is 16.5. The fraction of sp³-hybridized carbons (Fsp3) is 0.231. The normalized spacial score (nSPS) is 16.0. The van der Waals surface area contributed by atoms with Crippen molar-refractivity contribution in [2.75, 3.05) is 6.54 Å². The van der Waals surface area contributed by atoms with Gasteiger partial charge in [-0.3, -0.25) is 4.79 Å². The average molecular weight is 412 g/mol. The van der Waals surface area contributed by atoms with Gasteiger partial charge in [0.1, 0.15) is 18.0 Å². The fourth-order valence-corrected chi connectivity index (χ4v) is 4.32. The molecule has 0 spiro atoms. The molecule has 5 rings (SSSR count). The maximum Gasteiger partial charge on any atom is 0.254 e. The molecular formula is C26H25N3O2. The van der Waals surface area contributed by atoms with Gasteiger partial charge in [0, 0.05) is 24.5 Å². The van der Waals surface area contributed by atoms with Crippen molar-refractivity contribution in [1.29, 1.82) is 0 Å². The monoisotopic (exact) mass is 411 g/mol. The molecule has 4 aromatic rings. The first kappa shape index (κ1) is 19.4. The summed E-state index contributed by atoms with van der Waals surface area (Å²) in [5, 5.41) is 0. The fourth-order valence-electron chi connectivity index (χ4n) is 4.32. The van der Waals surface area contributed by atoms with Crippen LogP contribution in [0.2, 0.25) is 0 Å². The van der Waals surface area contributed by atoms with Crippen LogP contribution in [-0.4, -0.2) is 26.7 Å². The van der Waals surface area contributed by atoms with Crippen LogP contribution in [0.5, 0.6) is 5.75 Å². The lowest BCUT2D eigenvalue weighted by atomic mass is 10.0. The summed E-state index contributed by atoms with van der Waals surface area (Å²) in [5.41, 5.74) is 4.85. The minimum Gasteiger partial charge on any atom is -0.487 e. The number of likely N-dealkylation sites (tertiary alicyclic amines) is 1. The second kappa shape index (κ2) is 8.26. The molecule has 5 nitrogen and oxygen atoms in total. The summed E-state index contributed by atoms with van der Waals surface area (Å²) in [6.07, 6.45) is 6.01. The highest BCUT2D eigenvalue weighted by Crippen LogP contribution is 2.33. The van der Waals surface area contributed by atoms with Crippen LogP contribution < -0.4 is 4.74 Å². The number of hydrogen-bond acceptors (Lipinski definition) is 3. The zero-order valence-corrected chi connectivity index (χ0v) is 17.6. The van der Waals surface area contributed by atoms with Crippen molar-refractivity contribution < 1.29 is 9.53 Å². The smallest absolute Gasteiger partial charge is 0.254 e. The van der Waals surface area contributed by atoms with Crippen LogP contribution in [0, 0.1) is 6.92 Å². The van der Waals surface area contributed by atoms with E-state index in [1.807, 2.05) is 83.2 Å². The van der Waals surface area contributed by atoms with E-state index in [0.717, 1.165) is 42.0 Å². The quantitative estimate of drug-likeness (QED) is 0.454. The third-order valence-electron chi connectivity index (χ3n) is 5.91. The number of rotatable bonds is 5. The van der Waals surface area contributed by atoms with Gasteiger partial charge in [-0.2, -0.15) is 0 Å². The molecule has 1 aliphatic rings. The van der Waals surface area contributed by atoms with Gasteiger partial charge in [0.15, 0.2) is 0 Å². The number of nitrogens with zero attached hydrogens (tertiary/aromatic N) is 3. The highest BCUT2D eigenvalue weighted by molar-refractivity contribution is 5.94. The van der Waals surface area contributed by atoms with Crippen LogP contribution >= 0.6 is 0 Å². The molecule has 1 fully saturated rings. The Hall–Kier alpha value is -3.60. The van der Waals surface area contributed by atoms with Crippen molar-refractivity contribution in [3.8, 4) is 5.75 Å². The van der Waals surface area contributed by atoms with E-state index in [1.54, 1.807) is 0 Å². The molecule has 0 aliphatic carbocycles. The standard InChI is InChI=1S/C26H25N3O2/c1-19-7-5-15-28-17-22(27-25(19)28)18-31-23-13-11-21(12-14-23)26(30)29-16-6-10-24(29)20-8-3-2-4-9-20/h2-5,7-9,11-15,17,24H,6,10,16,18H2,1H3. The molecule has 3 heterocycles. The Bertz CT molecular complexity index is 1200. The van der Waals surface area contributed by atoms with Gasteiger partial charge in [0.05, 0.1) is 11.7 Å². The number of fused-ring (bicyclic) bond motifs is 1. The zero-order chi connectivity index (χ0) is 21.2. The molecule has 1 aliphatic heterocycles. The van der Waals surface area contributed by atoms with E-state index in [4.69, 9.17) is 4.74 Å². The Labute approximate surface area is 181 Å². The van der Waals surface area contributed by atoms with E-state index < -0.39 is 0 Å². The van der Waals surface area contributed by atoms with E-state index in [1.165, 1.54) is 5.56 Å². The molecule has 31 heavy (non-hydrogen) atoms. The molecule has 1 saturated heterocycles. The van der Waals surface area contributed by atoms with Crippen molar-refractivity contribution >= 4 is 11.6 Å². The Morgan fingerprint density at radius 1 is 1.06 bits per heavy atom. The summed E-state index contributed by atoms with van der Waals surface area (Å²) < 4.78 is 7.92. The Morgan fingerprint density at radius 2 is 1.87 bits per heavy atom. The predicted octanol–water partition coefficient (Wildman–Crippen LogP) is 5.20. The average Bonchev–Trinajstić information content (AvgIpc) is 3.46. The molecule has 0 bridgehead atoms. The molecule has 1 atom stereocenters. The summed E-state index contributed by atoms with van der Waals surface area (Å²) in [4.78, 5) is 19.8. The highest BCUT2D eigenvalue weighted by Gasteiger charge is 2.30. The second-order valence-corrected chi connectivity index (χ2v) is 8.03. The number of ether oxygens (including phenoxy) is 1. The lowest BCUT2D eigenvalue weighted by Gasteiger charge is -2.25. The van der Waals surface area contributed by atoms with Gasteiger partial charge >= 0.3 is 0 Å². The maximum atomic E-state index is 13.1. The van der Waals surface area contributed by atoms with Crippen molar-refractivity contribution in [3.05, 3.63) is 102 Å². The molecule has 0 saturated carbocycles. The first-order chi connectivity index (χ1) is 15.2. The summed E-state index contributed by atoms with van der Waals surface area (Å²) in [5.74, 6) is 0.806. The number of hydrogen-bond donors (Lipinski definition) is 0. The Morgan fingerprint density at radius 3 is 2.65 bits per heavy atom. The molecular weight excluding hydrogens is 386 g/mol. The van der Waals surface area contributed by atoms with Gasteiger partial charge in [0.2, 0.25) is 0 Å². The van der Waals surface area contributed by atoms with Crippen LogP contribution in [0.1, 0.15) is 46.1 Å². The first-order valence-electron chi connectivity index (χ1n) is 10.7. The maximum absolute atomic E-state index is 13.1. The van der Waals surface area contributed by atoms with Crippen LogP contribution in [0.15, 0.2) is 79.1 Å². The number of imidazole rings is 1. The lowest BCUT2D eigenvalue weighted by molar-refractivity contribution is 0.0735. The van der Waals surface area contributed by atoms with Gasteiger partial charge < -0.3 is 14.0 Å². The number of carbonyl (C=O) groups excluding carboxylic acids is 1. The molecule has 0 radical (unpaired) electrons. The Balaban J connectivity index is 1.26. The van der Waals surface area contributed by atoms with Gasteiger partial charge in [-0.25, -0.2) is 4.98 Å². The topological polar surface area (TPSA) is 46.8 Å². The van der Waals surface area contributed by atoms with Crippen molar-refractivity contribution in [2.24, 2.45) is 0 Å². The molecule has 156 valence electrons. The summed E-state index contributed by atoms with van der Waals surface area (Å²) in [6, 6.07) is 21.9. The van der Waals surface area contributed by atoms with E-state index in [0.29, 0.717) is 12.2 Å². The number of pyridine rings is 1. The molecule has 5 heteroatoms. The second-order valence-electron chi connectivity index (χ2n) is 8.03. The van der Waals surface area contributed by atoms with Gasteiger partial charge in [-0.1, -0.05) is 36.4 Å². The number of benzene rings is 2. The van der Waals surface area contributed by atoms with Gasteiger partial charge in [0.25, 0.3) is 5.91 Å². The van der Waals surface area contributed by atoms with E-state index in [2.05, 4.69) is 17.1 Å². The van der Waals surface area contributed by atoms with Crippen LogP contribution in [0.25, 0.3) is 5.65 Å².